The van der Waals surface area contributed by atoms with Crippen molar-refractivity contribution in [2.75, 3.05) is 24.5 Å². The van der Waals surface area contributed by atoms with Crippen LogP contribution in [-0.4, -0.2) is 52.6 Å². The molecule has 1 atom stereocenters. The second kappa shape index (κ2) is 7.22. The maximum atomic E-state index is 13.2. The summed E-state index contributed by atoms with van der Waals surface area (Å²) >= 11 is 0. The molecular weight excluding hydrogens is 346 g/mol. The summed E-state index contributed by atoms with van der Waals surface area (Å²) in [5, 5.41) is 9.32. The minimum absolute atomic E-state index is 0.0977. The molecule has 140 valence electrons. The normalized spacial score (nSPS) is 20.5. The van der Waals surface area contributed by atoms with E-state index in [1.165, 1.54) is 4.90 Å². The van der Waals surface area contributed by atoms with Gasteiger partial charge in [-0.05, 0) is 31.0 Å². The Hall–Kier alpha value is -3.16. The zero-order valence-corrected chi connectivity index (χ0v) is 14.9. The number of carbonyl (C=O) groups excluding carboxylic acids is 3. The summed E-state index contributed by atoms with van der Waals surface area (Å²) in [5.41, 5.74) is 2.05. The molecule has 2 aromatic rings. The van der Waals surface area contributed by atoms with Gasteiger partial charge in [0.25, 0.3) is 5.91 Å². The number of piperidine rings is 1. The van der Waals surface area contributed by atoms with Crippen LogP contribution in [0.1, 0.15) is 41.2 Å². The molecule has 2 fully saturated rings. The van der Waals surface area contributed by atoms with Crippen molar-refractivity contribution in [3.8, 4) is 0 Å². The van der Waals surface area contributed by atoms with Gasteiger partial charge in [-0.15, -0.1) is 0 Å². The van der Waals surface area contributed by atoms with E-state index in [2.05, 4.69) is 15.5 Å². The van der Waals surface area contributed by atoms with Crippen LogP contribution < -0.4 is 10.2 Å². The van der Waals surface area contributed by atoms with E-state index < -0.39 is 6.03 Å². The third-order valence-electron chi connectivity index (χ3n) is 5.15. The summed E-state index contributed by atoms with van der Waals surface area (Å²) in [6, 6.07) is 8.53. The number of benzene rings is 1. The Bertz CT molecular complexity index is 864. The lowest BCUT2D eigenvalue weighted by molar-refractivity contribution is -0.120. The van der Waals surface area contributed by atoms with Crippen molar-refractivity contribution in [1.82, 2.24) is 20.4 Å². The molecule has 1 unspecified atom stereocenters. The number of H-pyrrole nitrogens is 1. The Morgan fingerprint density at radius 1 is 1.15 bits per heavy atom. The van der Waals surface area contributed by atoms with Crippen molar-refractivity contribution in [3.63, 3.8) is 0 Å². The second-order valence-electron chi connectivity index (χ2n) is 6.87. The first kappa shape index (κ1) is 17.3. The molecule has 0 radical (unpaired) electrons. The molecule has 8 nitrogen and oxygen atoms in total. The van der Waals surface area contributed by atoms with Crippen LogP contribution in [0.15, 0.2) is 36.5 Å². The number of nitrogens with one attached hydrogen (secondary N) is 2. The Kier molecular flexibility index (Phi) is 4.62. The zero-order valence-electron chi connectivity index (χ0n) is 14.9. The van der Waals surface area contributed by atoms with Crippen LogP contribution >= 0.6 is 0 Å². The van der Waals surface area contributed by atoms with E-state index in [9.17, 15) is 14.4 Å². The fourth-order valence-corrected chi connectivity index (χ4v) is 3.76. The van der Waals surface area contributed by atoms with Gasteiger partial charge in [0.05, 0.1) is 11.3 Å². The minimum Gasteiger partial charge on any atom is -0.338 e. The lowest BCUT2D eigenvalue weighted by Crippen LogP contribution is -2.50. The monoisotopic (exact) mass is 367 g/mol. The first-order valence-electron chi connectivity index (χ1n) is 9.12. The first-order chi connectivity index (χ1) is 13.1. The van der Waals surface area contributed by atoms with Crippen molar-refractivity contribution < 1.29 is 14.4 Å². The Balaban J connectivity index is 1.57. The Morgan fingerprint density at radius 2 is 2.00 bits per heavy atom. The molecule has 1 aromatic heterocycles. The highest BCUT2D eigenvalue weighted by Crippen LogP contribution is 2.29. The molecule has 1 aromatic carbocycles. The standard InChI is InChI=1S/C19H21N5O3/c25-17-8-11-24(19(27)21-17)16-6-2-1-5-14(16)18(26)23-10-3-4-13(12-23)15-7-9-20-22-15/h1-2,5-7,9,13H,3-4,8,10-12H2,(H,20,22)(H,21,25,27). The Morgan fingerprint density at radius 3 is 2.78 bits per heavy atom. The van der Waals surface area contributed by atoms with Crippen molar-refractivity contribution in [2.45, 2.75) is 25.2 Å². The van der Waals surface area contributed by atoms with Crippen LogP contribution in [0.2, 0.25) is 0 Å². The molecule has 3 heterocycles. The fourth-order valence-electron chi connectivity index (χ4n) is 3.76. The molecule has 0 saturated carbocycles. The molecule has 2 saturated heterocycles. The third-order valence-corrected chi connectivity index (χ3v) is 5.15. The average molecular weight is 367 g/mol. The van der Waals surface area contributed by atoms with Crippen LogP contribution in [0.4, 0.5) is 10.5 Å². The van der Waals surface area contributed by atoms with Crippen LogP contribution in [0.3, 0.4) is 0 Å². The van der Waals surface area contributed by atoms with E-state index in [1.54, 1.807) is 30.5 Å². The number of rotatable bonds is 3. The van der Waals surface area contributed by atoms with Gasteiger partial charge < -0.3 is 4.90 Å². The zero-order chi connectivity index (χ0) is 18.8. The number of imide groups is 1. The lowest BCUT2D eigenvalue weighted by Gasteiger charge is -2.34. The highest BCUT2D eigenvalue weighted by Gasteiger charge is 2.31. The predicted octanol–water partition coefficient (Wildman–Crippen LogP) is 1.88. The minimum atomic E-state index is -0.486. The number of amides is 4. The van der Waals surface area contributed by atoms with Gasteiger partial charge in [-0.3, -0.25) is 24.9 Å². The van der Waals surface area contributed by atoms with Crippen LogP contribution in [0.25, 0.3) is 0 Å². The van der Waals surface area contributed by atoms with Crippen molar-refractivity contribution >= 4 is 23.5 Å². The largest absolute Gasteiger partial charge is 0.338 e. The van der Waals surface area contributed by atoms with Crippen LogP contribution in [0.5, 0.6) is 0 Å². The maximum absolute atomic E-state index is 13.2. The van der Waals surface area contributed by atoms with Gasteiger partial charge in [0.15, 0.2) is 0 Å². The number of aromatic amines is 1. The van der Waals surface area contributed by atoms with Gasteiger partial charge in [-0.2, -0.15) is 5.10 Å². The van der Waals surface area contributed by atoms with Gasteiger partial charge in [0.2, 0.25) is 5.91 Å². The number of aromatic nitrogens is 2. The van der Waals surface area contributed by atoms with Gasteiger partial charge in [-0.25, -0.2) is 4.79 Å². The predicted molar refractivity (Wildman–Crippen MR) is 98.4 cm³/mol. The van der Waals surface area contributed by atoms with Gasteiger partial charge in [0.1, 0.15) is 0 Å². The fraction of sp³-hybridized carbons (Fsp3) is 0.368. The van der Waals surface area contributed by atoms with Crippen molar-refractivity contribution in [2.24, 2.45) is 0 Å². The summed E-state index contributed by atoms with van der Waals surface area (Å²) in [6.45, 7) is 1.56. The molecule has 4 rings (SSSR count). The molecular formula is C19H21N5O3. The first-order valence-corrected chi connectivity index (χ1v) is 9.12. The molecule has 4 amide bonds. The summed E-state index contributed by atoms with van der Waals surface area (Å²) in [5.74, 6) is -0.161. The second-order valence-corrected chi connectivity index (χ2v) is 6.87. The molecule has 27 heavy (non-hydrogen) atoms. The van der Waals surface area contributed by atoms with Gasteiger partial charge in [-0.1, -0.05) is 12.1 Å². The topological polar surface area (TPSA) is 98.4 Å². The smallest absolute Gasteiger partial charge is 0.328 e. The summed E-state index contributed by atoms with van der Waals surface area (Å²) in [4.78, 5) is 40.2. The molecule has 2 N–H and O–H groups in total. The average Bonchev–Trinajstić information content (AvgIpc) is 3.23. The quantitative estimate of drug-likeness (QED) is 0.865. The van der Waals surface area contributed by atoms with E-state index >= 15 is 0 Å². The van der Waals surface area contributed by atoms with Gasteiger partial charge in [0, 0.05) is 43.9 Å². The number of para-hydroxylation sites is 1. The maximum Gasteiger partial charge on any atom is 0.328 e. The number of likely N-dealkylation sites (tertiary alicyclic amines) is 1. The lowest BCUT2D eigenvalue weighted by atomic mass is 9.94. The number of anilines is 1. The molecule has 0 aliphatic carbocycles. The van der Waals surface area contributed by atoms with E-state index in [0.29, 0.717) is 24.3 Å². The molecule has 0 spiro atoms. The highest BCUT2D eigenvalue weighted by atomic mass is 16.2. The molecule has 2 aliphatic heterocycles. The van der Waals surface area contributed by atoms with Crippen LogP contribution in [0, 0.1) is 0 Å². The summed E-state index contributed by atoms with van der Waals surface area (Å²) in [6.07, 6.45) is 3.86. The van der Waals surface area contributed by atoms with E-state index in [0.717, 1.165) is 18.5 Å². The van der Waals surface area contributed by atoms with Crippen LogP contribution in [-0.2, 0) is 4.79 Å². The molecule has 2 aliphatic rings. The number of hydrogen-bond donors (Lipinski definition) is 2. The van der Waals surface area contributed by atoms with Gasteiger partial charge >= 0.3 is 6.03 Å². The Labute approximate surface area is 156 Å². The number of hydrogen-bond acceptors (Lipinski definition) is 4. The number of urea groups is 1. The van der Waals surface area contributed by atoms with Crippen molar-refractivity contribution in [1.29, 1.82) is 0 Å². The SMILES string of the molecule is O=C1CCN(c2ccccc2C(=O)N2CCCC(c3ccn[nH]3)C2)C(=O)N1. The molecule has 0 bridgehead atoms. The van der Waals surface area contributed by atoms with E-state index in [4.69, 9.17) is 0 Å². The van der Waals surface area contributed by atoms with E-state index in [1.807, 2.05) is 11.0 Å². The number of carbonyl (C=O) groups is 3. The molecule has 8 heteroatoms. The number of nitrogens with zero attached hydrogens (tertiary/aromatic N) is 3. The third kappa shape index (κ3) is 3.42. The summed E-state index contributed by atoms with van der Waals surface area (Å²) in [7, 11) is 0. The van der Waals surface area contributed by atoms with Crippen molar-refractivity contribution in [3.05, 3.63) is 47.8 Å². The van der Waals surface area contributed by atoms with E-state index in [-0.39, 0.29) is 30.7 Å². The highest BCUT2D eigenvalue weighted by molar-refractivity contribution is 6.09. The summed E-state index contributed by atoms with van der Waals surface area (Å²) < 4.78 is 0.